The van der Waals surface area contributed by atoms with Gasteiger partial charge in [0, 0.05) is 27.7 Å². The van der Waals surface area contributed by atoms with Gasteiger partial charge in [0.05, 0.1) is 11.4 Å². The number of rotatable bonds is 4. The van der Waals surface area contributed by atoms with Crippen molar-refractivity contribution < 1.29 is 9.47 Å². The predicted octanol–water partition coefficient (Wildman–Crippen LogP) is 12.5. The highest BCUT2D eigenvalue weighted by Gasteiger charge is 2.40. The summed E-state index contributed by atoms with van der Waals surface area (Å²) in [7, 11) is 0. The van der Waals surface area contributed by atoms with Crippen LogP contribution in [0.3, 0.4) is 0 Å². The second-order valence-electron chi connectivity index (χ2n) is 13.7. The number of hydrogen-bond acceptors (Lipinski definition) is 4. The van der Waals surface area contributed by atoms with Crippen LogP contribution >= 0.6 is 0 Å². The number of ether oxygens (including phenoxy) is 2. The van der Waals surface area contributed by atoms with Gasteiger partial charge in [-0.05, 0) is 68.9 Å². The van der Waals surface area contributed by atoms with Crippen LogP contribution in [0.5, 0.6) is 23.0 Å². The highest BCUT2D eigenvalue weighted by Crippen LogP contribution is 2.59. The molecule has 1 aliphatic heterocycles. The zero-order valence-corrected chi connectivity index (χ0v) is 28.2. The fraction of sp³-hybridized carbons (Fsp3) is 0.0638. The van der Waals surface area contributed by atoms with Crippen LogP contribution < -0.4 is 9.47 Å². The molecule has 0 amide bonds. The van der Waals surface area contributed by atoms with Gasteiger partial charge >= 0.3 is 0 Å². The van der Waals surface area contributed by atoms with Crippen LogP contribution in [0.15, 0.2) is 158 Å². The van der Waals surface area contributed by atoms with Crippen LogP contribution in [0.2, 0.25) is 0 Å². The largest absolute Gasteiger partial charge is 0.449 e. The van der Waals surface area contributed by atoms with Crippen LogP contribution in [-0.4, -0.2) is 9.97 Å². The Morgan fingerprint density at radius 1 is 0.431 bits per heavy atom. The number of para-hydroxylation sites is 1. The minimum absolute atomic E-state index is 0.158. The van der Waals surface area contributed by atoms with E-state index in [1.54, 1.807) is 0 Å². The van der Waals surface area contributed by atoms with Crippen molar-refractivity contribution in [2.75, 3.05) is 0 Å². The first kappa shape index (κ1) is 29.4. The van der Waals surface area contributed by atoms with E-state index >= 15 is 0 Å². The Kier molecular flexibility index (Phi) is 6.49. The number of fused-ring (bicyclic) bond motifs is 7. The lowest BCUT2D eigenvalue weighted by Gasteiger charge is -2.26. The van der Waals surface area contributed by atoms with Gasteiger partial charge in [-0.25, -0.2) is 9.97 Å². The first-order chi connectivity index (χ1) is 25.0. The molecule has 1 aromatic heterocycles. The Morgan fingerprint density at radius 2 is 1.06 bits per heavy atom. The zero-order chi connectivity index (χ0) is 34.1. The highest BCUT2D eigenvalue weighted by atomic mass is 16.6. The number of aromatic nitrogens is 2. The van der Waals surface area contributed by atoms with E-state index < -0.39 is 0 Å². The Balaban J connectivity index is 1.16. The minimum Gasteiger partial charge on any atom is -0.449 e. The van der Waals surface area contributed by atoms with Crippen LogP contribution in [0.1, 0.15) is 25.0 Å². The molecule has 0 fully saturated rings. The molecule has 7 aromatic carbocycles. The van der Waals surface area contributed by atoms with Crippen molar-refractivity contribution in [2.24, 2.45) is 0 Å². The molecule has 0 radical (unpaired) electrons. The van der Waals surface area contributed by atoms with E-state index in [0.717, 1.165) is 50.2 Å². The van der Waals surface area contributed by atoms with Gasteiger partial charge in [-0.1, -0.05) is 141 Å². The van der Waals surface area contributed by atoms with Crippen molar-refractivity contribution in [1.82, 2.24) is 9.97 Å². The Bertz CT molecular complexity index is 2660. The van der Waals surface area contributed by atoms with Gasteiger partial charge in [0.15, 0.2) is 28.8 Å². The van der Waals surface area contributed by atoms with E-state index in [2.05, 4.69) is 129 Å². The summed E-state index contributed by atoms with van der Waals surface area (Å²) < 4.78 is 13.6. The molecular formula is C47H32N2O2. The topological polar surface area (TPSA) is 44.2 Å². The minimum atomic E-state index is -0.158. The smallest absolute Gasteiger partial charge is 0.179 e. The average Bonchev–Trinajstić information content (AvgIpc) is 3.43. The monoisotopic (exact) mass is 656 g/mol. The van der Waals surface area contributed by atoms with Crippen molar-refractivity contribution in [1.29, 1.82) is 0 Å². The molecule has 0 N–H and O–H groups in total. The lowest BCUT2D eigenvalue weighted by molar-refractivity contribution is 0.361. The Hall–Kier alpha value is -6.52. The molecule has 4 nitrogen and oxygen atoms in total. The molecule has 0 atom stereocenters. The first-order valence-corrected chi connectivity index (χ1v) is 17.3. The summed E-state index contributed by atoms with van der Waals surface area (Å²) in [4.78, 5) is 10.5. The maximum Gasteiger partial charge on any atom is 0.179 e. The first-order valence-electron chi connectivity index (χ1n) is 17.3. The molecule has 0 unspecified atom stereocenters. The van der Waals surface area contributed by atoms with E-state index in [-0.39, 0.29) is 5.41 Å². The molecule has 242 valence electrons. The second kappa shape index (κ2) is 11.3. The van der Waals surface area contributed by atoms with Crippen LogP contribution in [-0.2, 0) is 5.41 Å². The molecule has 2 heterocycles. The lowest BCUT2D eigenvalue weighted by atomic mass is 9.82. The van der Waals surface area contributed by atoms with Crippen molar-refractivity contribution >= 4 is 10.8 Å². The summed E-state index contributed by atoms with van der Waals surface area (Å²) in [5.74, 6) is 3.40. The third kappa shape index (κ3) is 4.60. The fourth-order valence-corrected chi connectivity index (χ4v) is 7.87. The normalized spacial score (nSPS) is 13.4. The van der Waals surface area contributed by atoms with Gasteiger partial charge in [-0.15, -0.1) is 0 Å². The van der Waals surface area contributed by atoms with Gasteiger partial charge in [0.25, 0.3) is 0 Å². The second-order valence-corrected chi connectivity index (χ2v) is 13.7. The standard InChI is InChI=1S/C47H32N2O2/c1-47(2)37-22-12-11-20-35(37)43-38(47)26-27-42-45(43)51-44-36(21-13-23-41(44)50-42)40-28-39(30-16-7-4-8-17-30)48-46(49-40)34-25-24-31(29-14-5-3-6-15-29)32-18-9-10-19-33(32)34/h3-28H,1-2H3. The molecule has 0 spiro atoms. The van der Waals surface area contributed by atoms with E-state index in [4.69, 9.17) is 19.4 Å². The van der Waals surface area contributed by atoms with Crippen LogP contribution in [0.25, 0.3) is 66.9 Å². The highest BCUT2D eigenvalue weighted by molar-refractivity contribution is 6.04. The van der Waals surface area contributed by atoms with E-state index in [0.29, 0.717) is 23.1 Å². The zero-order valence-electron chi connectivity index (χ0n) is 28.2. The molecule has 10 rings (SSSR count). The van der Waals surface area contributed by atoms with Crippen molar-refractivity contribution in [3.63, 3.8) is 0 Å². The summed E-state index contributed by atoms with van der Waals surface area (Å²) in [5, 5.41) is 2.24. The average molecular weight is 657 g/mol. The number of hydrogen-bond donors (Lipinski definition) is 0. The third-order valence-electron chi connectivity index (χ3n) is 10.4. The maximum atomic E-state index is 7.00. The fourth-order valence-electron chi connectivity index (χ4n) is 7.87. The van der Waals surface area contributed by atoms with Gasteiger partial charge in [-0.2, -0.15) is 0 Å². The third-order valence-corrected chi connectivity index (χ3v) is 10.4. The molecule has 51 heavy (non-hydrogen) atoms. The Morgan fingerprint density at radius 3 is 1.86 bits per heavy atom. The molecule has 8 aromatic rings. The lowest BCUT2D eigenvalue weighted by Crippen LogP contribution is -2.15. The summed E-state index contributed by atoms with van der Waals surface area (Å²) in [5.41, 5.74) is 11.4. The van der Waals surface area contributed by atoms with Gasteiger partial charge in [0.1, 0.15) is 0 Å². The molecule has 4 heteroatoms. The van der Waals surface area contributed by atoms with Crippen LogP contribution in [0, 0.1) is 0 Å². The summed E-state index contributed by atoms with van der Waals surface area (Å²) in [6.45, 7) is 4.55. The molecule has 2 aliphatic rings. The quantitative estimate of drug-likeness (QED) is 0.189. The molecule has 1 aliphatic carbocycles. The molecular weight excluding hydrogens is 625 g/mol. The van der Waals surface area contributed by atoms with Crippen molar-refractivity contribution in [3.05, 3.63) is 169 Å². The molecule has 0 saturated carbocycles. The van der Waals surface area contributed by atoms with Crippen molar-refractivity contribution in [2.45, 2.75) is 19.3 Å². The maximum absolute atomic E-state index is 7.00. The summed E-state index contributed by atoms with van der Waals surface area (Å²) >= 11 is 0. The van der Waals surface area contributed by atoms with E-state index in [9.17, 15) is 0 Å². The van der Waals surface area contributed by atoms with Gasteiger partial charge in [0.2, 0.25) is 0 Å². The van der Waals surface area contributed by atoms with E-state index in [1.807, 2.05) is 42.5 Å². The predicted molar refractivity (Wildman–Crippen MR) is 205 cm³/mol. The van der Waals surface area contributed by atoms with Gasteiger partial charge < -0.3 is 9.47 Å². The van der Waals surface area contributed by atoms with Gasteiger partial charge in [-0.3, -0.25) is 0 Å². The molecule has 0 bridgehead atoms. The number of benzene rings is 7. The van der Waals surface area contributed by atoms with Crippen LogP contribution in [0.4, 0.5) is 0 Å². The SMILES string of the molecule is CC1(C)c2ccccc2-c2c1ccc1c2Oc2c(cccc2-c2cc(-c3ccccc3)nc(-c3ccc(-c4ccccc4)c4ccccc34)n2)O1. The van der Waals surface area contributed by atoms with Crippen molar-refractivity contribution in [3.8, 4) is 79.2 Å². The van der Waals surface area contributed by atoms with E-state index in [1.165, 1.54) is 27.8 Å². The Labute approximate surface area is 296 Å². The number of nitrogens with zero attached hydrogens (tertiary/aromatic N) is 2. The summed E-state index contributed by atoms with van der Waals surface area (Å²) in [6, 6.07) is 54.5. The molecule has 0 saturated heterocycles. The summed E-state index contributed by atoms with van der Waals surface area (Å²) in [6.07, 6.45) is 0.